The second-order valence-corrected chi connectivity index (χ2v) is 8.20. The minimum absolute atomic E-state index is 0.103. The lowest BCUT2D eigenvalue weighted by molar-refractivity contribution is -0.113. The molecule has 0 aliphatic heterocycles. The number of aryl methyl sites for hydroxylation is 3. The Bertz CT molecular complexity index is 944. The number of nitrogens with two attached hydrogens (primary N) is 1. The van der Waals surface area contributed by atoms with E-state index in [4.69, 9.17) is 5.73 Å². The van der Waals surface area contributed by atoms with Crippen LogP contribution < -0.4 is 11.1 Å². The van der Waals surface area contributed by atoms with Crippen molar-refractivity contribution in [2.24, 2.45) is 5.73 Å². The second kappa shape index (κ2) is 7.48. The maximum atomic E-state index is 12.4. The summed E-state index contributed by atoms with van der Waals surface area (Å²) in [7, 11) is 0. The molecule has 0 saturated carbocycles. The average Bonchev–Trinajstić information content (AvgIpc) is 3.12. The van der Waals surface area contributed by atoms with E-state index in [1.807, 2.05) is 19.9 Å². The lowest BCUT2D eigenvalue weighted by atomic mass is 10.1. The Kier molecular flexibility index (Phi) is 5.30. The summed E-state index contributed by atoms with van der Waals surface area (Å²) in [6.07, 6.45) is 2.76. The standard InChI is InChI=1S/C18H18N4O2S2/c1-9-6-10(2)21-17(12(9)7-19)25-8-14(23)22-18-15(16(20)24)11-4-3-5-13(11)26-18/h6H,3-5,8H2,1-2H3,(H2,20,24)(H,22,23). The van der Waals surface area contributed by atoms with Gasteiger partial charge in [0, 0.05) is 10.6 Å². The summed E-state index contributed by atoms with van der Waals surface area (Å²) in [4.78, 5) is 29.6. The predicted molar refractivity (Wildman–Crippen MR) is 103 cm³/mol. The van der Waals surface area contributed by atoms with Gasteiger partial charge in [0.1, 0.15) is 16.1 Å². The van der Waals surface area contributed by atoms with E-state index >= 15 is 0 Å². The largest absolute Gasteiger partial charge is 0.365 e. The number of fused-ring (bicyclic) bond motifs is 1. The van der Waals surface area contributed by atoms with Gasteiger partial charge in [-0.1, -0.05) is 11.8 Å². The van der Waals surface area contributed by atoms with E-state index in [2.05, 4.69) is 16.4 Å². The van der Waals surface area contributed by atoms with E-state index in [-0.39, 0.29) is 11.7 Å². The first-order valence-corrected chi connectivity index (χ1v) is 9.96. The van der Waals surface area contributed by atoms with Crippen LogP contribution in [0.1, 0.15) is 44.0 Å². The minimum atomic E-state index is -0.505. The zero-order valence-electron chi connectivity index (χ0n) is 14.5. The van der Waals surface area contributed by atoms with Crippen LogP contribution in [-0.2, 0) is 17.6 Å². The molecule has 0 unspecified atom stereocenters. The van der Waals surface area contributed by atoms with Crippen LogP contribution in [0.2, 0.25) is 0 Å². The molecule has 0 spiro atoms. The Hall–Kier alpha value is -2.37. The number of hydrogen-bond donors (Lipinski definition) is 2. The van der Waals surface area contributed by atoms with Crippen LogP contribution in [0.4, 0.5) is 5.00 Å². The van der Waals surface area contributed by atoms with Gasteiger partial charge in [-0.25, -0.2) is 4.98 Å². The molecular formula is C18H18N4O2S2. The van der Waals surface area contributed by atoms with Crippen molar-refractivity contribution in [3.8, 4) is 6.07 Å². The molecule has 1 aliphatic rings. The Morgan fingerprint density at radius 2 is 2.19 bits per heavy atom. The molecule has 2 heterocycles. The van der Waals surface area contributed by atoms with Crippen molar-refractivity contribution in [1.29, 1.82) is 5.26 Å². The van der Waals surface area contributed by atoms with Gasteiger partial charge in [0.25, 0.3) is 5.91 Å². The molecular weight excluding hydrogens is 368 g/mol. The zero-order chi connectivity index (χ0) is 18.8. The van der Waals surface area contributed by atoms with Gasteiger partial charge >= 0.3 is 0 Å². The van der Waals surface area contributed by atoms with E-state index in [9.17, 15) is 14.9 Å². The summed E-state index contributed by atoms with van der Waals surface area (Å²) in [5.41, 5.74) is 9.07. The van der Waals surface area contributed by atoms with Crippen LogP contribution in [0, 0.1) is 25.2 Å². The number of primary amides is 1. The maximum Gasteiger partial charge on any atom is 0.251 e. The number of rotatable bonds is 5. The topological polar surface area (TPSA) is 109 Å². The van der Waals surface area contributed by atoms with E-state index in [0.717, 1.165) is 41.0 Å². The number of nitrogens with zero attached hydrogens (tertiary/aromatic N) is 2. The molecule has 8 heteroatoms. The van der Waals surface area contributed by atoms with Crippen molar-refractivity contribution in [1.82, 2.24) is 4.98 Å². The lowest BCUT2D eigenvalue weighted by Gasteiger charge is -2.08. The Morgan fingerprint density at radius 1 is 1.42 bits per heavy atom. The van der Waals surface area contributed by atoms with Crippen molar-refractivity contribution >= 4 is 39.9 Å². The molecule has 2 amide bonds. The fourth-order valence-electron chi connectivity index (χ4n) is 3.09. The molecule has 2 aromatic heterocycles. The van der Waals surface area contributed by atoms with Gasteiger partial charge in [-0.2, -0.15) is 5.26 Å². The molecule has 0 atom stereocenters. The van der Waals surface area contributed by atoms with E-state index in [0.29, 0.717) is 21.2 Å². The fourth-order valence-corrected chi connectivity index (χ4v) is 5.30. The molecule has 0 bridgehead atoms. The number of hydrogen-bond acceptors (Lipinski definition) is 6. The molecule has 0 radical (unpaired) electrons. The van der Waals surface area contributed by atoms with Crippen LogP contribution in [0.5, 0.6) is 0 Å². The second-order valence-electron chi connectivity index (χ2n) is 6.14. The molecule has 0 aromatic carbocycles. The summed E-state index contributed by atoms with van der Waals surface area (Å²) in [5, 5.41) is 13.2. The fraction of sp³-hybridized carbons (Fsp3) is 0.333. The Balaban J connectivity index is 1.74. The van der Waals surface area contributed by atoms with Gasteiger partial charge in [-0.05, 0) is 50.3 Å². The van der Waals surface area contributed by atoms with E-state index in [1.54, 1.807) is 0 Å². The van der Waals surface area contributed by atoms with Gasteiger partial charge in [0.15, 0.2) is 0 Å². The Morgan fingerprint density at radius 3 is 2.88 bits per heavy atom. The van der Waals surface area contributed by atoms with Gasteiger partial charge in [-0.3, -0.25) is 9.59 Å². The molecule has 134 valence electrons. The predicted octanol–water partition coefficient (Wildman–Crippen LogP) is 2.95. The van der Waals surface area contributed by atoms with Crippen molar-refractivity contribution in [2.75, 3.05) is 11.1 Å². The van der Waals surface area contributed by atoms with Crippen molar-refractivity contribution < 1.29 is 9.59 Å². The first-order chi connectivity index (χ1) is 12.4. The van der Waals surface area contributed by atoms with E-state index < -0.39 is 5.91 Å². The van der Waals surface area contributed by atoms with Crippen LogP contribution >= 0.6 is 23.1 Å². The first-order valence-electron chi connectivity index (χ1n) is 8.16. The SMILES string of the molecule is Cc1cc(C)c(C#N)c(SCC(=O)Nc2sc3c(c2C(N)=O)CCC3)n1. The monoisotopic (exact) mass is 386 g/mol. The Labute approximate surface area is 159 Å². The summed E-state index contributed by atoms with van der Waals surface area (Å²) in [5.74, 6) is -0.650. The molecule has 26 heavy (non-hydrogen) atoms. The quantitative estimate of drug-likeness (QED) is 0.768. The third-order valence-corrected chi connectivity index (χ3v) is 6.37. The molecule has 2 aromatic rings. The number of thioether (sulfide) groups is 1. The molecule has 0 fully saturated rings. The van der Waals surface area contributed by atoms with Crippen LogP contribution in [-0.4, -0.2) is 22.6 Å². The average molecular weight is 387 g/mol. The third kappa shape index (κ3) is 3.59. The lowest BCUT2D eigenvalue weighted by Crippen LogP contribution is -2.19. The van der Waals surface area contributed by atoms with Gasteiger partial charge < -0.3 is 11.1 Å². The van der Waals surface area contributed by atoms with Crippen LogP contribution in [0.15, 0.2) is 11.1 Å². The number of aromatic nitrogens is 1. The number of anilines is 1. The minimum Gasteiger partial charge on any atom is -0.365 e. The molecule has 6 nitrogen and oxygen atoms in total. The molecule has 1 aliphatic carbocycles. The van der Waals surface area contributed by atoms with Gasteiger partial charge in [0.05, 0.1) is 16.9 Å². The highest BCUT2D eigenvalue weighted by molar-refractivity contribution is 8.00. The summed E-state index contributed by atoms with van der Waals surface area (Å²) < 4.78 is 0. The molecule has 3 rings (SSSR count). The smallest absolute Gasteiger partial charge is 0.251 e. The number of thiophene rings is 1. The number of carbonyl (C=O) groups excluding carboxylic acids is 2. The number of pyridine rings is 1. The van der Waals surface area contributed by atoms with Gasteiger partial charge in [0.2, 0.25) is 5.91 Å². The van der Waals surface area contributed by atoms with Crippen molar-refractivity contribution in [3.05, 3.63) is 38.9 Å². The van der Waals surface area contributed by atoms with Crippen molar-refractivity contribution in [2.45, 2.75) is 38.1 Å². The van der Waals surface area contributed by atoms with E-state index in [1.165, 1.54) is 23.1 Å². The first kappa shape index (κ1) is 18.4. The number of amides is 2. The van der Waals surface area contributed by atoms with Crippen LogP contribution in [0.3, 0.4) is 0 Å². The number of nitrogens with one attached hydrogen (secondary N) is 1. The van der Waals surface area contributed by atoms with Gasteiger partial charge in [-0.15, -0.1) is 11.3 Å². The molecule has 3 N–H and O–H groups in total. The highest BCUT2D eigenvalue weighted by atomic mass is 32.2. The maximum absolute atomic E-state index is 12.4. The summed E-state index contributed by atoms with van der Waals surface area (Å²) in [6.45, 7) is 3.70. The normalized spacial score (nSPS) is 12.5. The number of nitriles is 1. The third-order valence-electron chi connectivity index (χ3n) is 4.18. The zero-order valence-corrected chi connectivity index (χ0v) is 16.1. The highest BCUT2D eigenvalue weighted by Crippen LogP contribution is 2.39. The molecule has 0 saturated heterocycles. The number of carbonyl (C=O) groups is 2. The summed E-state index contributed by atoms with van der Waals surface area (Å²) >= 11 is 2.64. The highest BCUT2D eigenvalue weighted by Gasteiger charge is 2.26. The summed E-state index contributed by atoms with van der Waals surface area (Å²) in [6, 6.07) is 3.98. The van der Waals surface area contributed by atoms with Crippen LogP contribution in [0.25, 0.3) is 0 Å². The van der Waals surface area contributed by atoms with Crippen molar-refractivity contribution in [3.63, 3.8) is 0 Å².